The van der Waals surface area contributed by atoms with Gasteiger partial charge in [0.1, 0.15) is 18.6 Å². The van der Waals surface area contributed by atoms with E-state index in [0.29, 0.717) is 0 Å². The molecule has 152 valence electrons. The van der Waals surface area contributed by atoms with E-state index in [1.807, 2.05) is 0 Å². The third-order valence-electron chi connectivity index (χ3n) is 5.21. The lowest BCUT2D eigenvalue weighted by Gasteiger charge is -2.50. The summed E-state index contributed by atoms with van der Waals surface area (Å²) in [6.45, 7) is 7.08. The van der Waals surface area contributed by atoms with Crippen LogP contribution in [0.4, 0.5) is 18.0 Å². The Morgan fingerprint density at radius 3 is 2.07 bits per heavy atom. The number of quaternary nitrogens is 1. The van der Waals surface area contributed by atoms with Crippen molar-refractivity contribution in [1.82, 2.24) is 4.31 Å². The fourth-order valence-electron chi connectivity index (χ4n) is 3.50. The number of carbonyl (C=O) groups is 1. The molecule has 1 aromatic rings. The van der Waals surface area contributed by atoms with E-state index in [2.05, 4.69) is 0 Å². The highest BCUT2D eigenvalue weighted by atomic mass is 32.2. The molecule has 0 aromatic heterocycles. The van der Waals surface area contributed by atoms with Gasteiger partial charge in [0, 0.05) is 0 Å². The molecule has 1 fully saturated rings. The summed E-state index contributed by atoms with van der Waals surface area (Å²) in [5.74, 6) is 0. The molecule has 1 unspecified atom stereocenters. The largest absolute Gasteiger partial charge is 0.514 e. The van der Waals surface area contributed by atoms with Gasteiger partial charge in [-0.1, -0.05) is 0 Å². The van der Waals surface area contributed by atoms with E-state index < -0.39 is 39.4 Å². The van der Waals surface area contributed by atoms with Crippen LogP contribution < -0.4 is 0 Å². The van der Waals surface area contributed by atoms with E-state index in [0.717, 1.165) is 24.3 Å². The number of hydrogen-bond acceptors (Lipinski definition) is 3. The van der Waals surface area contributed by atoms with Crippen molar-refractivity contribution in [1.29, 1.82) is 0 Å². The average molecular weight is 409 g/mol. The van der Waals surface area contributed by atoms with Crippen molar-refractivity contribution in [2.45, 2.75) is 50.3 Å². The Morgan fingerprint density at radius 1 is 1.19 bits per heavy atom. The Morgan fingerprint density at radius 2 is 1.70 bits per heavy atom. The van der Waals surface area contributed by atoms with Crippen LogP contribution in [0.25, 0.3) is 0 Å². The van der Waals surface area contributed by atoms with Crippen LogP contribution in [-0.4, -0.2) is 59.6 Å². The maximum Gasteiger partial charge on any atom is 0.514 e. The molecule has 0 saturated carbocycles. The van der Waals surface area contributed by atoms with Crippen molar-refractivity contribution < 1.29 is 36.0 Å². The average Bonchev–Trinajstić information content (AvgIpc) is 2.52. The van der Waals surface area contributed by atoms with Crippen molar-refractivity contribution in [3.63, 3.8) is 0 Å². The fourth-order valence-corrected chi connectivity index (χ4v) is 5.11. The number of piperazine rings is 1. The smallest absolute Gasteiger partial charge is 0.435 e. The zero-order valence-corrected chi connectivity index (χ0v) is 16.4. The number of rotatable bonds is 2. The van der Waals surface area contributed by atoms with Crippen LogP contribution in [0, 0.1) is 0 Å². The van der Waals surface area contributed by atoms with Crippen LogP contribution in [0.15, 0.2) is 29.2 Å². The molecule has 1 amide bonds. The summed E-state index contributed by atoms with van der Waals surface area (Å²) in [5, 5.41) is 9.75. The molecule has 6 nitrogen and oxygen atoms in total. The van der Waals surface area contributed by atoms with E-state index in [1.54, 1.807) is 27.7 Å². The molecule has 1 aliphatic heterocycles. The summed E-state index contributed by atoms with van der Waals surface area (Å²) in [4.78, 5) is 11.7. The van der Waals surface area contributed by atoms with Gasteiger partial charge in [0.15, 0.2) is 0 Å². The molecular weight excluding hydrogens is 385 g/mol. The highest BCUT2D eigenvalue weighted by molar-refractivity contribution is 7.89. The van der Waals surface area contributed by atoms with Crippen LogP contribution >= 0.6 is 0 Å². The van der Waals surface area contributed by atoms with Crippen LogP contribution in [0.3, 0.4) is 0 Å². The number of hydrogen-bond donors (Lipinski definition) is 1. The second kappa shape index (κ2) is 6.75. The van der Waals surface area contributed by atoms with E-state index in [1.165, 1.54) is 4.31 Å². The quantitative estimate of drug-likeness (QED) is 0.760. The van der Waals surface area contributed by atoms with Gasteiger partial charge in [-0.25, -0.2) is 12.9 Å². The zero-order chi connectivity index (χ0) is 20.8. The second-order valence-corrected chi connectivity index (χ2v) is 9.70. The third-order valence-corrected chi connectivity index (χ3v) is 7.24. The number of alkyl halides is 3. The predicted octanol–water partition coefficient (Wildman–Crippen LogP) is 3.39. The number of sulfonamides is 1. The molecule has 2 rings (SSSR count). The first-order valence-electron chi connectivity index (χ1n) is 8.43. The highest BCUT2D eigenvalue weighted by Gasteiger charge is 2.53. The molecule has 0 radical (unpaired) electrons. The van der Waals surface area contributed by atoms with Gasteiger partial charge in [-0.05, 0) is 52.0 Å². The van der Waals surface area contributed by atoms with Crippen LogP contribution in [-0.2, 0) is 16.2 Å². The van der Waals surface area contributed by atoms with Crippen LogP contribution in [0.5, 0.6) is 0 Å². The molecule has 0 aliphatic carbocycles. The monoisotopic (exact) mass is 409 g/mol. The lowest BCUT2D eigenvalue weighted by Crippen LogP contribution is -2.72. The lowest BCUT2D eigenvalue weighted by molar-refractivity contribution is -0.909. The second-order valence-electron chi connectivity index (χ2n) is 7.81. The SMILES string of the molecule is C[C@H]1C[N+](C(=O)O)(C(C)(C)C)CCN1S(=O)(=O)c1ccc(C(F)(F)F)cc1. The minimum Gasteiger partial charge on any atom is -0.435 e. The first kappa shape index (κ1) is 21.6. The van der Waals surface area contributed by atoms with Crippen molar-refractivity contribution in [3.05, 3.63) is 29.8 Å². The molecule has 0 spiro atoms. The van der Waals surface area contributed by atoms with Gasteiger partial charge in [-0.15, -0.1) is 0 Å². The molecular formula is C17H24F3N2O4S+. The van der Waals surface area contributed by atoms with Gasteiger partial charge in [0.2, 0.25) is 10.0 Å². The lowest BCUT2D eigenvalue weighted by atomic mass is 9.98. The van der Waals surface area contributed by atoms with E-state index in [-0.39, 0.29) is 29.0 Å². The molecule has 10 heteroatoms. The molecule has 1 heterocycles. The molecule has 27 heavy (non-hydrogen) atoms. The van der Waals surface area contributed by atoms with E-state index in [9.17, 15) is 31.5 Å². The van der Waals surface area contributed by atoms with Crippen LogP contribution in [0.2, 0.25) is 0 Å². The van der Waals surface area contributed by atoms with Gasteiger partial charge >= 0.3 is 12.3 Å². The normalized spacial score (nSPS) is 25.4. The molecule has 1 saturated heterocycles. The van der Waals surface area contributed by atoms with Gasteiger partial charge in [0.05, 0.1) is 23.0 Å². The summed E-state index contributed by atoms with van der Waals surface area (Å²) < 4.78 is 64.7. The summed E-state index contributed by atoms with van der Waals surface area (Å²) in [6.07, 6.45) is -5.58. The maximum atomic E-state index is 12.9. The standard InChI is InChI=1S/C17H23F3N2O4S/c1-12-11-22(15(23)24,16(2,3)4)10-9-21(12)27(25,26)14-7-5-13(6-8-14)17(18,19)20/h5-8,12H,9-11H2,1-4H3/p+1/t12-,22?/m0/s1. The molecule has 1 N–H and O–H groups in total. The Balaban J connectivity index is 2.33. The Labute approximate surface area is 156 Å². The first-order valence-corrected chi connectivity index (χ1v) is 9.87. The number of halogens is 3. The van der Waals surface area contributed by atoms with Crippen molar-refractivity contribution in [2.75, 3.05) is 19.6 Å². The summed E-state index contributed by atoms with van der Waals surface area (Å²) >= 11 is 0. The zero-order valence-electron chi connectivity index (χ0n) is 15.6. The topological polar surface area (TPSA) is 74.7 Å². The van der Waals surface area contributed by atoms with Crippen molar-refractivity contribution >= 4 is 16.1 Å². The predicted molar refractivity (Wildman–Crippen MR) is 92.6 cm³/mol. The highest BCUT2D eigenvalue weighted by Crippen LogP contribution is 2.34. The van der Waals surface area contributed by atoms with Gasteiger partial charge in [-0.3, -0.25) is 0 Å². The Kier molecular flexibility index (Phi) is 5.41. The fraction of sp³-hybridized carbons (Fsp3) is 0.588. The van der Waals surface area contributed by atoms with Gasteiger partial charge in [-0.2, -0.15) is 22.3 Å². The molecule has 1 aromatic carbocycles. The summed E-state index contributed by atoms with van der Waals surface area (Å²) in [7, 11) is -4.03. The first-order chi connectivity index (χ1) is 12.1. The number of carboxylic acid groups (broad SMARTS) is 1. The number of benzene rings is 1. The maximum absolute atomic E-state index is 12.9. The minimum absolute atomic E-state index is 0.0336. The molecule has 2 atom stereocenters. The van der Waals surface area contributed by atoms with E-state index in [4.69, 9.17) is 0 Å². The number of nitrogens with zero attached hydrogens (tertiary/aromatic N) is 2. The molecule has 1 aliphatic rings. The summed E-state index contributed by atoms with van der Waals surface area (Å²) in [5.41, 5.74) is -1.56. The van der Waals surface area contributed by atoms with Crippen molar-refractivity contribution in [2.24, 2.45) is 0 Å². The minimum atomic E-state index is -4.55. The van der Waals surface area contributed by atoms with Crippen LogP contribution in [0.1, 0.15) is 33.3 Å². The van der Waals surface area contributed by atoms with Gasteiger partial charge < -0.3 is 5.11 Å². The Hall–Kier alpha value is -1.65. The van der Waals surface area contributed by atoms with Gasteiger partial charge in [0.25, 0.3) is 0 Å². The third kappa shape index (κ3) is 3.83. The van der Waals surface area contributed by atoms with Crippen molar-refractivity contribution in [3.8, 4) is 0 Å². The van der Waals surface area contributed by atoms with E-state index >= 15 is 0 Å². The Bertz CT molecular complexity index is 816. The number of amides is 1. The molecule has 0 bridgehead atoms. The summed E-state index contributed by atoms with van der Waals surface area (Å²) in [6, 6.07) is 2.70.